The Morgan fingerprint density at radius 1 is 1.15 bits per heavy atom. The molecule has 1 aliphatic heterocycles. The number of hydrogen-bond donors (Lipinski definition) is 1. The lowest BCUT2D eigenvalue weighted by Crippen LogP contribution is -2.28. The van der Waals surface area contributed by atoms with E-state index < -0.39 is 0 Å². The maximum absolute atomic E-state index is 13.0. The first kappa shape index (κ1) is 13.0. The minimum Gasteiger partial charge on any atom is -0.398 e. The van der Waals surface area contributed by atoms with Gasteiger partial charge >= 0.3 is 0 Å². The minimum atomic E-state index is -0.316. The summed E-state index contributed by atoms with van der Waals surface area (Å²) in [5.74, 6) is 0.0924. The molecule has 0 bridgehead atoms. The number of thioether (sulfide) groups is 1. The van der Waals surface area contributed by atoms with Crippen LogP contribution >= 0.6 is 11.8 Å². The van der Waals surface area contributed by atoms with E-state index in [1.54, 1.807) is 17.0 Å². The molecule has 20 heavy (non-hydrogen) atoms. The van der Waals surface area contributed by atoms with Crippen molar-refractivity contribution in [2.24, 2.45) is 0 Å². The Kier molecular flexibility index (Phi) is 3.36. The molecule has 0 saturated carbocycles. The van der Waals surface area contributed by atoms with Crippen LogP contribution in [-0.2, 0) is 4.79 Å². The molecule has 3 rings (SSSR count). The molecule has 0 aliphatic carbocycles. The van der Waals surface area contributed by atoms with Crippen molar-refractivity contribution in [1.82, 2.24) is 0 Å². The molecule has 2 aromatic carbocycles. The number of amides is 1. The summed E-state index contributed by atoms with van der Waals surface area (Å²) < 4.78 is 13.0. The summed E-state index contributed by atoms with van der Waals surface area (Å²) >= 11 is 1.53. The summed E-state index contributed by atoms with van der Waals surface area (Å²) in [7, 11) is 0. The zero-order chi connectivity index (χ0) is 14.1. The van der Waals surface area contributed by atoms with E-state index in [4.69, 9.17) is 5.73 Å². The quantitative estimate of drug-likeness (QED) is 0.863. The maximum atomic E-state index is 13.0. The Hall–Kier alpha value is -2.01. The predicted molar refractivity (Wildman–Crippen MR) is 79.9 cm³/mol. The molecule has 2 aromatic rings. The number of carbonyl (C=O) groups excluding carboxylic acids is 1. The van der Waals surface area contributed by atoms with Crippen LogP contribution in [0.1, 0.15) is 10.9 Å². The molecule has 0 spiro atoms. The van der Waals surface area contributed by atoms with Gasteiger partial charge in [0.1, 0.15) is 11.2 Å². The van der Waals surface area contributed by atoms with E-state index >= 15 is 0 Å². The largest absolute Gasteiger partial charge is 0.398 e. The first-order chi connectivity index (χ1) is 9.66. The van der Waals surface area contributed by atoms with E-state index in [2.05, 4.69) is 0 Å². The van der Waals surface area contributed by atoms with Gasteiger partial charge in [-0.25, -0.2) is 4.39 Å². The van der Waals surface area contributed by atoms with E-state index in [1.807, 2.05) is 24.3 Å². The molecule has 0 radical (unpaired) electrons. The third kappa shape index (κ3) is 2.25. The summed E-state index contributed by atoms with van der Waals surface area (Å²) in [5, 5.41) is -0.158. The number of nitrogens with zero attached hydrogens (tertiary/aromatic N) is 1. The second-order valence-electron chi connectivity index (χ2n) is 4.53. The smallest absolute Gasteiger partial charge is 0.238 e. The van der Waals surface area contributed by atoms with Crippen molar-refractivity contribution in [1.29, 1.82) is 0 Å². The molecule has 1 saturated heterocycles. The van der Waals surface area contributed by atoms with Gasteiger partial charge in [0.05, 0.1) is 5.75 Å². The number of nitrogens with two attached hydrogens (primary N) is 1. The van der Waals surface area contributed by atoms with E-state index in [1.165, 1.54) is 23.9 Å². The molecule has 1 amide bonds. The normalized spacial score (nSPS) is 18.6. The molecule has 0 aromatic heterocycles. The summed E-state index contributed by atoms with van der Waals surface area (Å²) in [5.41, 5.74) is 8.26. The molecule has 3 nitrogen and oxygen atoms in total. The van der Waals surface area contributed by atoms with Gasteiger partial charge in [-0.05, 0) is 30.3 Å². The number of hydrogen-bond acceptors (Lipinski definition) is 3. The lowest BCUT2D eigenvalue weighted by atomic mass is 10.1. The minimum absolute atomic E-state index is 0.00913. The standard InChI is InChI=1S/C15H13FN2OS/c16-10-5-7-11(8-6-10)18-14(19)9-20-15(18)12-3-1-2-4-13(12)17/h1-8,15H,9,17H2/t15-/m1/s1. The van der Waals surface area contributed by atoms with Gasteiger partial charge < -0.3 is 5.73 Å². The lowest BCUT2D eigenvalue weighted by molar-refractivity contribution is -0.115. The van der Waals surface area contributed by atoms with Gasteiger partial charge in [0, 0.05) is 16.9 Å². The Bertz CT molecular complexity index is 645. The van der Waals surface area contributed by atoms with Crippen molar-refractivity contribution in [3.8, 4) is 0 Å². The number of rotatable bonds is 2. The number of carbonyl (C=O) groups is 1. The monoisotopic (exact) mass is 288 g/mol. The summed E-state index contributed by atoms with van der Waals surface area (Å²) in [6.07, 6.45) is 0. The van der Waals surface area contributed by atoms with E-state index in [-0.39, 0.29) is 17.1 Å². The molecule has 1 atom stereocenters. The highest BCUT2D eigenvalue weighted by Crippen LogP contribution is 2.43. The van der Waals surface area contributed by atoms with E-state index in [0.717, 1.165) is 5.56 Å². The highest BCUT2D eigenvalue weighted by Gasteiger charge is 2.34. The van der Waals surface area contributed by atoms with Gasteiger partial charge in [-0.1, -0.05) is 18.2 Å². The highest BCUT2D eigenvalue weighted by atomic mass is 32.2. The van der Waals surface area contributed by atoms with Crippen LogP contribution in [0, 0.1) is 5.82 Å². The van der Waals surface area contributed by atoms with Crippen molar-refractivity contribution in [2.45, 2.75) is 5.37 Å². The third-order valence-electron chi connectivity index (χ3n) is 3.23. The van der Waals surface area contributed by atoms with Crippen molar-refractivity contribution in [3.63, 3.8) is 0 Å². The summed E-state index contributed by atoms with van der Waals surface area (Å²) in [4.78, 5) is 13.8. The fraction of sp³-hybridized carbons (Fsp3) is 0.133. The summed E-state index contributed by atoms with van der Waals surface area (Å²) in [6, 6.07) is 13.5. The molecule has 1 heterocycles. The summed E-state index contributed by atoms with van der Waals surface area (Å²) in [6.45, 7) is 0. The fourth-order valence-corrected chi connectivity index (χ4v) is 3.49. The van der Waals surface area contributed by atoms with Crippen LogP contribution in [0.2, 0.25) is 0 Å². The van der Waals surface area contributed by atoms with Crippen molar-refractivity contribution >= 4 is 29.0 Å². The average molecular weight is 288 g/mol. The van der Waals surface area contributed by atoms with Crippen molar-refractivity contribution in [2.75, 3.05) is 16.4 Å². The first-order valence-corrected chi connectivity index (χ1v) is 7.25. The first-order valence-electron chi connectivity index (χ1n) is 6.20. The lowest BCUT2D eigenvalue weighted by Gasteiger charge is -2.25. The van der Waals surface area contributed by atoms with Gasteiger partial charge in [-0.3, -0.25) is 9.69 Å². The molecule has 0 unspecified atom stereocenters. The predicted octanol–water partition coefficient (Wildman–Crippen LogP) is 3.19. The molecule has 1 aliphatic rings. The molecule has 2 N–H and O–H groups in total. The number of halogens is 1. The highest BCUT2D eigenvalue weighted by molar-refractivity contribution is 8.00. The van der Waals surface area contributed by atoms with E-state index in [0.29, 0.717) is 17.1 Å². The van der Waals surface area contributed by atoms with Gasteiger partial charge in [-0.15, -0.1) is 11.8 Å². The van der Waals surface area contributed by atoms with Crippen LogP contribution in [0.25, 0.3) is 0 Å². The van der Waals surface area contributed by atoms with Crippen LogP contribution in [0.3, 0.4) is 0 Å². The van der Waals surface area contributed by atoms with Crippen LogP contribution < -0.4 is 10.6 Å². The van der Waals surface area contributed by atoms with Crippen LogP contribution in [0.5, 0.6) is 0 Å². The number of benzene rings is 2. The van der Waals surface area contributed by atoms with Gasteiger partial charge in [0.15, 0.2) is 0 Å². The topological polar surface area (TPSA) is 46.3 Å². The van der Waals surface area contributed by atoms with Gasteiger partial charge in [0.25, 0.3) is 0 Å². The third-order valence-corrected chi connectivity index (χ3v) is 4.43. The molecular weight excluding hydrogens is 275 g/mol. The Balaban J connectivity index is 2.01. The Morgan fingerprint density at radius 3 is 2.55 bits per heavy atom. The average Bonchev–Trinajstić information content (AvgIpc) is 2.82. The maximum Gasteiger partial charge on any atom is 0.238 e. The van der Waals surface area contributed by atoms with Crippen LogP contribution in [-0.4, -0.2) is 11.7 Å². The van der Waals surface area contributed by atoms with Crippen LogP contribution in [0.15, 0.2) is 48.5 Å². The Labute approximate surface area is 120 Å². The van der Waals surface area contributed by atoms with Crippen molar-refractivity contribution < 1.29 is 9.18 Å². The fourth-order valence-electron chi connectivity index (χ4n) is 2.27. The molecule has 1 fully saturated rings. The number of anilines is 2. The van der Waals surface area contributed by atoms with Crippen molar-refractivity contribution in [3.05, 3.63) is 59.9 Å². The Morgan fingerprint density at radius 2 is 1.85 bits per heavy atom. The zero-order valence-corrected chi connectivity index (χ0v) is 11.4. The second-order valence-corrected chi connectivity index (χ2v) is 5.60. The molecular formula is C15H13FN2OS. The van der Waals surface area contributed by atoms with Crippen LogP contribution in [0.4, 0.5) is 15.8 Å². The number of para-hydroxylation sites is 1. The second kappa shape index (κ2) is 5.17. The zero-order valence-electron chi connectivity index (χ0n) is 10.6. The molecule has 5 heteroatoms. The SMILES string of the molecule is Nc1ccccc1[C@H]1SCC(=O)N1c1ccc(F)cc1. The van der Waals surface area contributed by atoms with E-state index in [9.17, 15) is 9.18 Å². The van der Waals surface area contributed by atoms with Gasteiger partial charge in [-0.2, -0.15) is 0 Å². The molecule has 102 valence electrons. The van der Waals surface area contributed by atoms with Gasteiger partial charge in [0.2, 0.25) is 5.91 Å². The number of nitrogen functional groups attached to an aromatic ring is 1.